The molecule has 1 amide bonds. The summed E-state index contributed by atoms with van der Waals surface area (Å²) >= 11 is 5.74. The predicted molar refractivity (Wildman–Crippen MR) is 67.7 cm³/mol. The molecule has 0 spiro atoms. The molecule has 0 unspecified atom stereocenters. The fraction of sp³-hybridized carbons (Fsp3) is 0.273. The number of aromatic nitrogens is 4. The molecule has 6 nitrogen and oxygen atoms in total. The Morgan fingerprint density at radius 2 is 2.33 bits per heavy atom. The van der Waals surface area contributed by atoms with E-state index in [1.165, 1.54) is 6.20 Å². The molecule has 0 aliphatic heterocycles. The van der Waals surface area contributed by atoms with Crippen LogP contribution >= 0.6 is 11.6 Å². The molecule has 0 radical (unpaired) electrons. The number of nitrogens with zero attached hydrogens (tertiary/aromatic N) is 3. The normalized spacial score (nSPS) is 10.4. The number of hydrogen-bond acceptors (Lipinski definition) is 4. The number of halogens is 1. The van der Waals surface area contributed by atoms with Gasteiger partial charge < -0.3 is 5.32 Å². The maximum Gasteiger partial charge on any atom is 0.295 e. The number of carbonyl (C=O) groups is 1. The summed E-state index contributed by atoms with van der Waals surface area (Å²) in [5.41, 5.74) is 1.42. The standard InChI is InChI=1S/C11H12ClN5O/c1-3-9-15-10(17-16-9)11(18)14-7-5-13-8(12)4-6(7)2/h4-5H,3H2,1-2H3,(H,14,18)(H,15,16,17). The van der Waals surface area contributed by atoms with Gasteiger partial charge in [0.25, 0.3) is 5.91 Å². The van der Waals surface area contributed by atoms with Crippen LogP contribution < -0.4 is 5.32 Å². The smallest absolute Gasteiger partial charge is 0.295 e. The van der Waals surface area contributed by atoms with E-state index in [9.17, 15) is 4.79 Å². The van der Waals surface area contributed by atoms with Gasteiger partial charge in [-0.15, -0.1) is 5.10 Å². The largest absolute Gasteiger partial charge is 0.318 e. The summed E-state index contributed by atoms with van der Waals surface area (Å²) in [6.45, 7) is 3.76. The maximum absolute atomic E-state index is 11.9. The summed E-state index contributed by atoms with van der Waals surface area (Å²) in [7, 11) is 0. The van der Waals surface area contributed by atoms with Crippen LogP contribution in [0.3, 0.4) is 0 Å². The number of nitrogens with one attached hydrogen (secondary N) is 2. The highest BCUT2D eigenvalue weighted by Crippen LogP contribution is 2.17. The highest BCUT2D eigenvalue weighted by atomic mass is 35.5. The van der Waals surface area contributed by atoms with Crippen molar-refractivity contribution in [2.24, 2.45) is 0 Å². The lowest BCUT2D eigenvalue weighted by Gasteiger charge is -2.05. The van der Waals surface area contributed by atoms with Gasteiger partial charge in [0.05, 0.1) is 11.9 Å². The number of aromatic amines is 1. The van der Waals surface area contributed by atoms with E-state index in [0.29, 0.717) is 23.1 Å². The average Bonchev–Trinajstić information content (AvgIpc) is 2.81. The number of rotatable bonds is 3. The van der Waals surface area contributed by atoms with Crippen LogP contribution in [0.2, 0.25) is 5.15 Å². The summed E-state index contributed by atoms with van der Waals surface area (Å²) < 4.78 is 0. The van der Waals surface area contributed by atoms with Crippen LogP contribution in [0.5, 0.6) is 0 Å². The number of hydrogen-bond donors (Lipinski definition) is 2. The molecule has 0 aromatic carbocycles. The average molecular weight is 266 g/mol. The predicted octanol–water partition coefficient (Wildman–Crippen LogP) is 1.98. The van der Waals surface area contributed by atoms with Crippen molar-refractivity contribution in [2.75, 3.05) is 5.32 Å². The van der Waals surface area contributed by atoms with Crippen LogP contribution in [0.4, 0.5) is 5.69 Å². The molecular formula is C11H12ClN5O. The second kappa shape index (κ2) is 5.14. The van der Waals surface area contributed by atoms with Crippen molar-refractivity contribution in [3.8, 4) is 0 Å². The lowest BCUT2D eigenvalue weighted by molar-refractivity contribution is 0.101. The number of carbonyl (C=O) groups excluding carboxylic acids is 1. The van der Waals surface area contributed by atoms with E-state index in [1.807, 2.05) is 13.8 Å². The molecular weight excluding hydrogens is 254 g/mol. The number of aryl methyl sites for hydroxylation is 2. The maximum atomic E-state index is 11.9. The molecule has 0 bridgehead atoms. The van der Waals surface area contributed by atoms with Crippen LogP contribution in [0.25, 0.3) is 0 Å². The third-order valence-corrected chi connectivity index (χ3v) is 2.60. The van der Waals surface area contributed by atoms with E-state index < -0.39 is 0 Å². The number of anilines is 1. The Kier molecular flexibility index (Phi) is 3.57. The lowest BCUT2D eigenvalue weighted by atomic mass is 10.2. The monoisotopic (exact) mass is 265 g/mol. The van der Waals surface area contributed by atoms with Gasteiger partial charge in [-0.25, -0.2) is 9.97 Å². The summed E-state index contributed by atoms with van der Waals surface area (Å²) in [6.07, 6.45) is 2.20. The van der Waals surface area contributed by atoms with Crippen molar-refractivity contribution >= 4 is 23.2 Å². The van der Waals surface area contributed by atoms with E-state index in [-0.39, 0.29) is 11.7 Å². The molecule has 2 aromatic rings. The van der Waals surface area contributed by atoms with Crippen LogP contribution in [-0.4, -0.2) is 26.1 Å². The molecule has 2 N–H and O–H groups in total. The van der Waals surface area contributed by atoms with Gasteiger partial charge in [0.1, 0.15) is 11.0 Å². The minimum Gasteiger partial charge on any atom is -0.318 e. The van der Waals surface area contributed by atoms with Crippen molar-refractivity contribution in [1.82, 2.24) is 20.2 Å². The second-order valence-corrected chi connectivity index (χ2v) is 4.12. The molecule has 0 aliphatic carbocycles. The van der Waals surface area contributed by atoms with E-state index in [1.54, 1.807) is 6.07 Å². The van der Waals surface area contributed by atoms with E-state index in [2.05, 4.69) is 25.5 Å². The third-order valence-electron chi connectivity index (χ3n) is 2.40. The molecule has 94 valence electrons. The van der Waals surface area contributed by atoms with Gasteiger partial charge >= 0.3 is 0 Å². The van der Waals surface area contributed by atoms with Crippen molar-refractivity contribution in [2.45, 2.75) is 20.3 Å². The van der Waals surface area contributed by atoms with Gasteiger partial charge in [-0.1, -0.05) is 18.5 Å². The SMILES string of the molecule is CCc1nc(C(=O)Nc2cnc(Cl)cc2C)n[nH]1. The zero-order valence-electron chi connectivity index (χ0n) is 9.99. The van der Waals surface area contributed by atoms with Crippen LogP contribution in [0, 0.1) is 6.92 Å². The molecule has 7 heteroatoms. The fourth-order valence-electron chi connectivity index (χ4n) is 1.39. The Hall–Kier alpha value is -1.95. The minimum atomic E-state index is -0.377. The van der Waals surface area contributed by atoms with Crippen LogP contribution in [-0.2, 0) is 6.42 Å². The number of pyridine rings is 1. The van der Waals surface area contributed by atoms with Crippen molar-refractivity contribution in [3.05, 3.63) is 34.6 Å². The third kappa shape index (κ3) is 2.65. The quantitative estimate of drug-likeness (QED) is 0.831. The molecule has 0 aliphatic rings. The van der Waals surface area contributed by atoms with Crippen molar-refractivity contribution in [3.63, 3.8) is 0 Å². The molecule has 2 aromatic heterocycles. The van der Waals surface area contributed by atoms with Gasteiger partial charge in [0.2, 0.25) is 5.82 Å². The molecule has 2 rings (SSSR count). The first-order chi connectivity index (χ1) is 8.60. The van der Waals surface area contributed by atoms with Crippen molar-refractivity contribution < 1.29 is 4.79 Å². The Bertz CT molecular complexity index is 581. The molecule has 0 saturated carbocycles. The molecule has 0 fully saturated rings. The Balaban J connectivity index is 2.16. The van der Waals surface area contributed by atoms with Gasteiger partial charge in [0.15, 0.2) is 0 Å². The zero-order chi connectivity index (χ0) is 13.1. The van der Waals surface area contributed by atoms with Gasteiger partial charge in [-0.3, -0.25) is 9.89 Å². The Morgan fingerprint density at radius 1 is 1.56 bits per heavy atom. The first-order valence-electron chi connectivity index (χ1n) is 5.45. The van der Waals surface area contributed by atoms with Gasteiger partial charge in [-0.2, -0.15) is 0 Å². The lowest BCUT2D eigenvalue weighted by Crippen LogP contribution is -2.14. The number of H-pyrrole nitrogens is 1. The first kappa shape index (κ1) is 12.5. The summed E-state index contributed by atoms with van der Waals surface area (Å²) in [5, 5.41) is 9.59. The van der Waals surface area contributed by atoms with Crippen LogP contribution in [0.15, 0.2) is 12.3 Å². The molecule has 2 heterocycles. The topological polar surface area (TPSA) is 83.6 Å². The zero-order valence-corrected chi connectivity index (χ0v) is 10.7. The summed E-state index contributed by atoms with van der Waals surface area (Å²) in [6, 6.07) is 1.67. The highest BCUT2D eigenvalue weighted by Gasteiger charge is 2.13. The summed E-state index contributed by atoms with van der Waals surface area (Å²) in [5.74, 6) is 0.408. The van der Waals surface area contributed by atoms with E-state index in [0.717, 1.165) is 5.56 Å². The van der Waals surface area contributed by atoms with Gasteiger partial charge in [-0.05, 0) is 18.6 Å². The Morgan fingerprint density at radius 3 is 2.94 bits per heavy atom. The fourth-order valence-corrected chi connectivity index (χ4v) is 1.60. The molecule has 0 atom stereocenters. The van der Waals surface area contributed by atoms with Gasteiger partial charge in [0, 0.05) is 6.42 Å². The molecule has 0 saturated heterocycles. The highest BCUT2D eigenvalue weighted by molar-refractivity contribution is 6.29. The van der Waals surface area contributed by atoms with E-state index >= 15 is 0 Å². The Labute approximate surface area is 109 Å². The second-order valence-electron chi connectivity index (χ2n) is 3.74. The summed E-state index contributed by atoms with van der Waals surface area (Å²) in [4.78, 5) is 19.8. The van der Waals surface area contributed by atoms with Crippen molar-refractivity contribution in [1.29, 1.82) is 0 Å². The molecule has 18 heavy (non-hydrogen) atoms. The first-order valence-corrected chi connectivity index (χ1v) is 5.82. The number of amides is 1. The van der Waals surface area contributed by atoms with Crippen LogP contribution in [0.1, 0.15) is 28.9 Å². The minimum absolute atomic E-state index is 0.112. The van der Waals surface area contributed by atoms with E-state index in [4.69, 9.17) is 11.6 Å².